The molecular weight excluding hydrogens is 276 g/mol. The van der Waals surface area contributed by atoms with Gasteiger partial charge in [-0.2, -0.15) is 0 Å². The van der Waals surface area contributed by atoms with E-state index in [0.717, 1.165) is 11.3 Å². The molecule has 0 fully saturated rings. The second-order valence-electron chi connectivity index (χ2n) is 4.86. The quantitative estimate of drug-likeness (QED) is 0.779. The highest BCUT2D eigenvalue weighted by Gasteiger charge is 2.12. The summed E-state index contributed by atoms with van der Waals surface area (Å²) in [6, 6.07) is 16.5. The van der Waals surface area contributed by atoms with Crippen LogP contribution < -0.4 is 11.1 Å². The molecule has 1 radical (unpaired) electrons. The van der Waals surface area contributed by atoms with E-state index in [0.29, 0.717) is 17.1 Å². The normalized spacial score (nSPS) is 10.4. The van der Waals surface area contributed by atoms with Crippen LogP contribution in [0, 0.1) is 6.92 Å². The van der Waals surface area contributed by atoms with E-state index >= 15 is 0 Å². The second-order valence-corrected chi connectivity index (χ2v) is 4.86. The van der Waals surface area contributed by atoms with Gasteiger partial charge in [-0.1, -0.05) is 30.3 Å². The third-order valence-electron chi connectivity index (χ3n) is 3.21. The Bertz CT molecular complexity index is 791. The fourth-order valence-electron chi connectivity index (χ4n) is 2.03. The van der Waals surface area contributed by atoms with Crippen LogP contribution in [-0.4, -0.2) is 15.7 Å². The fourth-order valence-corrected chi connectivity index (χ4v) is 2.03. The highest BCUT2D eigenvalue weighted by Crippen LogP contribution is 2.19. The number of nitrogens with one attached hydrogen (secondary N) is 1. The Morgan fingerprint density at radius 3 is 2.45 bits per heavy atom. The Hall–Kier alpha value is -3.08. The molecule has 1 heterocycles. The van der Waals surface area contributed by atoms with E-state index in [-0.39, 0.29) is 5.91 Å². The molecule has 3 aromatic rings. The van der Waals surface area contributed by atoms with Gasteiger partial charge < -0.3 is 11.1 Å². The summed E-state index contributed by atoms with van der Waals surface area (Å²) in [6.07, 6.45) is 1.67. The highest BCUT2D eigenvalue weighted by molar-refractivity contribution is 6.05. The molecule has 0 atom stereocenters. The highest BCUT2D eigenvalue weighted by atomic mass is 16.1. The van der Waals surface area contributed by atoms with E-state index in [9.17, 15) is 4.79 Å². The predicted octanol–water partition coefficient (Wildman–Crippen LogP) is 2.89. The van der Waals surface area contributed by atoms with Crippen LogP contribution in [-0.2, 0) is 0 Å². The first-order valence-electron chi connectivity index (χ1n) is 6.77. The molecule has 0 aliphatic rings. The summed E-state index contributed by atoms with van der Waals surface area (Å²) in [5.41, 5.74) is 8.58. The van der Waals surface area contributed by atoms with Crippen LogP contribution in [0.4, 0.5) is 11.5 Å². The Kier molecular flexibility index (Phi) is 3.62. The molecule has 1 aromatic heterocycles. The molecule has 109 valence electrons. The summed E-state index contributed by atoms with van der Waals surface area (Å²) in [5, 5.41) is 7.03. The first-order valence-corrected chi connectivity index (χ1v) is 6.77. The van der Waals surface area contributed by atoms with Crippen molar-refractivity contribution in [3.8, 4) is 5.69 Å². The molecule has 0 saturated carbocycles. The van der Waals surface area contributed by atoms with E-state index in [2.05, 4.69) is 17.3 Å². The van der Waals surface area contributed by atoms with Gasteiger partial charge in [0.15, 0.2) is 5.82 Å². The third-order valence-corrected chi connectivity index (χ3v) is 3.21. The topological polar surface area (TPSA) is 72.9 Å². The number of carbonyl (C=O) groups is 1. The van der Waals surface area contributed by atoms with Crippen LogP contribution in [0.1, 0.15) is 15.9 Å². The average molecular weight is 291 g/mol. The smallest absolute Gasteiger partial charge is 0.256 e. The van der Waals surface area contributed by atoms with E-state index < -0.39 is 0 Å². The average Bonchev–Trinajstić information content (AvgIpc) is 2.90. The Balaban J connectivity index is 1.82. The number of amides is 1. The number of nitrogens with zero attached hydrogens (tertiary/aromatic N) is 2. The van der Waals surface area contributed by atoms with Crippen molar-refractivity contribution in [1.82, 2.24) is 9.78 Å². The van der Waals surface area contributed by atoms with Crippen molar-refractivity contribution in [3.63, 3.8) is 0 Å². The van der Waals surface area contributed by atoms with Gasteiger partial charge in [0, 0.05) is 5.56 Å². The van der Waals surface area contributed by atoms with E-state index in [1.165, 1.54) is 0 Å². The summed E-state index contributed by atoms with van der Waals surface area (Å²) in [6.45, 7) is 3.79. The summed E-state index contributed by atoms with van der Waals surface area (Å²) in [7, 11) is 0. The number of nitrogens with two attached hydrogens (primary N) is 1. The van der Waals surface area contributed by atoms with Gasteiger partial charge in [0.25, 0.3) is 5.91 Å². The molecular formula is C17H15N4O. The SMILES string of the molecule is [CH2]c1ccc(C(=O)Nc2nn(-c3ccccc3)cc2N)cc1. The summed E-state index contributed by atoms with van der Waals surface area (Å²) < 4.78 is 1.63. The van der Waals surface area contributed by atoms with Gasteiger partial charge in [0.05, 0.1) is 17.6 Å². The van der Waals surface area contributed by atoms with Crippen molar-refractivity contribution in [2.45, 2.75) is 0 Å². The largest absolute Gasteiger partial charge is 0.394 e. The first kappa shape index (κ1) is 13.9. The van der Waals surface area contributed by atoms with Gasteiger partial charge in [-0.05, 0) is 36.8 Å². The zero-order valence-corrected chi connectivity index (χ0v) is 11.9. The molecule has 3 N–H and O–H groups in total. The maximum atomic E-state index is 12.2. The second kappa shape index (κ2) is 5.73. The van der Waals surface area contributed by atoms with Crippen LogP contribution in [0.2, 0.25) is 0 Å². The molecule has 0 aliphatic heterocycles. The van der Waals surface area contributed by atoms with Gasteiger partial charge in [0.1, 0.15) is 0 Å². The fraction of sp³-hybridized carbons (Fsp3) is 0. The lowest BCUT2D eigenvalue weighted by Gasteiger charge is -2.03. The number of carbonyl (C=O) groups excluding carboxylic acids is 1. The van der Waals surface area contributed by atoms with Crippen LogP contribution in [0.3, 0.4) is 0 Å². The maximum Gasteiger partial charge on any atom is 0.256 e. The Labute approximate surface area is 128 Å². The molecule has 0 unspecified atom stereocenters. The maximum absolute atomic E-state index is 12.2. The molecule has 0 bridgehead atoms. The molecule has 5 heteroatoms. The number of benzene rings is 2. The molecule has 5 nitrogen and oxygen atoms in total. The molecule has 3 rings (SSSR count). The lowest BCUT2D eigenvalue weighted by atomic mass is 10.1. The van der Waals surface area contributed by atoms with Gasteiger partial charge in [-0.25, -0.2) is 4.68 Å². The Morgan fingerprint density at radius 1 is 1.09 bits per heavy atom. The van der Waals surface area contributed by atoms with Gasteiger partial charge in [0.2, 0.25) is 0 Å². The van der Waals surface area contributed by atoms with E-state index in [1.54, 1.807) is 35.1 Å². The van der Waals surface area contributed by atoms with Crippen LogP contribution in [0.15, 0.2) is 60.8 Å². The van der Waals surface area contributed by atoms with Crippen molar-refractivity contribution in [2.24, 2.45) is 0 Å². The minimum Gasteiger partial charge on any atom is -0.394 e. The minimum absolute atomic E-state index is 0.259. The lowest BCUT2D eigenvalue weighted by Crippen LogP contribution is -2.13. The number of hydrogen-bond acceptors (Lipinski definition) is 3. The van der Waals surface area contributed by atoms with Crippen molar-refractivity contribution in [3.05, 3.63) is 78.8 Å². The molecule has 2 aromatic carbocycles. The molecule has 1 amide bonds. The van der Waals surface area contributed by atoms with Gasteiger partial charge in [-0.3, -0.25) is 4.79 Å². The number of aromatic nitrogens is 2. The molecule has 0 saturated heterocycles. The summed E-state index contributed by atoms with van der Waals surface area (Å²) in [5.74, 6) is 0.0811. The van der Waals surface area contributed by atoms with E-state index in [1.807, 2.05) is 30.3 Å². The number of nitrogen functional groups attached to an aromatic ring is 1. The van der Waals surface area contributed by atoms with Gasteiger partial charge in [-0.15, -0.1) is 5.10 Å². The minimum atomic E-state index is -0.259. The predicted molar refractivity (Wildman–Crippen MR) is 86.8 cm³/mol. The standard InChI is InChI=1S/C17H15N4O/c1-12-7-9-13(10-8-12)17(22)19-16-15(18)11-21(20-16)14-5-3-2-4-6-14/h2-11H,1,18H2,(H,19,20,22). The number of rotatable bonds is 3. The molecule has 0 aliphatic carbocycles. The lowest BCUT2D eigenvalue weighted by molar-refractivity contribution is 0.102. The third kappa shape index (κ3) is 2.83. The molecule has 0 spiro atoms. The van der Waals surface area contributed by atoms with Crippen molar-refractivity contribution < 1.29 is 4.79 Å². The van der Waals surface area contributed by atoms with Crippen LogP contribution in [0.25, 0.3) is 5.69 Å². The van der Waals surface area contributed by atoms with Crippen LogP contribution in [0.5, 0.6) is 0 Å². The monoisotopic (exact) mass is 291 g/mol. The van der Waals surface area contributed by atoms with Crippen molar-refractivity contribution >= 4 is 17.4 Å². The Morgan fingerprint density at radius 2 is 1.77 bits per heavy atom. The summed E-state index contributed by atoms with van der Waals surface area (Å²) in [4.78, 5) is 12.2. The molecule has 22 heavy (non-hydrogen) atoms. The zero-order valence-electron chi connectivity index (χ0n) is 11.9. The van der Waals surface area contributed by atoms with E-state index in [4.69, 9.17) is 5.73 Å². The number of anilines is 2. The number of hydrogen-bond donors (Lipinski definition) is 2. The van der Waals surface area contributed by atoms with Gasteiger partial charge >= 0.3 is 0 Å². The number of para-hydroxylation sites is 1. The first-order chi connectivity index (χ1) is 10.6. The van der Waals surface area contributed by atoms with Crippen molar-refractivity contribution in [2.75, 3.05) is 11.1 Å². The summed E-state index contributed by atoms with van der Waals surface area (Å²) >= 11 is 0. The van der Waals surface area contributed by atoms with Crippen LogP contribution >= 0.6 is 0 Å². The van der Waals surface area contributed by atoms with Crippen molar-refractivity contribution in [1.29, 1.82) is 0 Å². The zero-order chi connectivity index (χ0) is 15.5.